The number of carbonyl (C=O) groups excluding carboxylic acids is 1. The van der Waals surface area contributed by atoms with E-state index in [4.69, 9.17) is 0 Å². The van der Waals surface area contributed by atoms with Gasteiger partial charge in [0.05, 0.1) is 5.41 Å². The van der Waals surface area contributed by atoms with E-state index in [1.165, 1.54) is 5.56 Å². The minimum Gasteiger partial charge on any atom is -0.325 e. The summed E-state index contributed by atoms with van der Waals surface area (Å²) < 4.78 is 0. The Kier molecular flexibility index (Phi) is 3.95. The molecule has 0 spiro atoms. The average Bonchev–Trinajstić information content (AvgIpc) is 2.60. The third-order valence-electron chi connectivity index (χ3n) is 3.96. The van der Waals surface area contributed by atoms with Gasteiger partial charge in [-0.1, -0.05) is 32.4 Å². The lowest BCUT2D eigenvalue weighted by atomic mass is 9.84. The van der Waals surface area contributed by atoms with Crippen LogP contribution < -0.4 is 10.6 Å². The third-order valence-corrected chi connectivity index (χ3v) is 3.96. The lowest BCUT2D eigenvalue weighted by molar-refractivity contribution is -0.119. The Morgan fingerprint density at radius 1 is 1.32 bits per heavy atom. The molecule has 3 heteroatoms. The maximum atomic E-state index is 12.0. The number of fused-ring (bicyclic) bond motifs is 1. The summed E-state index contributed by atoms with van der Waals surface area (Å²) in [5.41, 5.74) is 2.94. The molecule has 0 fully saturated rings. The first kappa shape index (κ1) is 14.1. The maximum Gasteiger partial charge on any atom is 0.234 e. The van der Waals surface area contributed by atoms with Crippen molar-refractivity contribution in [3.63, 3.8) is 0 Å². The summed E-state index contributed by atoms with van der Waals surface area (Å²) in [6.45, 7) is 9.26. The minimum absolute atomic E-state index is 0.0927. The Bertz CT molecular complexity index is 474. The molecule has 0 aliphatic carbocycles. The molecule has 1 aromatic rings. The molecule has 1 heterocycles. The quantitative estimate of drug-likeness (QED) is 0.852. The second kappa shape index (κ2) is 5.33. The predicted octanol–water partition coefficient (Wildman–Crippen LogP) is 3.37. The lowest BCUT2D eigenvalue weighted by Gasteiger charge is -2.21. The van der Waals surface area contributed by atoms with Crippen molar-refractivity contribution in [2.75, 3.05) is 11.9 Å². The highest BCUT2D eigenvalue weighted by Gasteiger charge is 2.38. The molecule has 0 saturated carbocycles. The van der Waals surface area contributed by atoms with Gasteiger partial charge in [0.2, 0.25) is 5.91 Å². The molecular formula is C16H24N2O. The summed E-state index contributed by atoms with van der Waals surface area (Å²) in [6.07, 6.45) is 2.27. The van der Waals surface area contributed by atoms with Crippen LogP contribution in [0.25, 0.3) is 0 Å². The Morgan fingerprint density at radius 3 is 2.68 bits per heavy atom. The van der Waals surface area contributed by atoms with Crippen molar-refractivity contribution in [1.29, 1.82) is 0 Å². The molecule has 1 amide bonds. The molecule has 1 unspecified atom stereocenters. The zero-order valence-electron chi connectivity index (χ0n) is 12.3. The van der Waals surface area contributed by atoms with Crippen LogP contribution in [0.5, 0.6) is 0 Å². The Morgan fingerprint density at radius 2 is 2.05 bits per heavy atom. The Labute approximate surface area is 115 Å². The van der Waals surface area contributed by atoms with Crippen LogP contribution in [0.4, 0.5) is 5.69 Å². The fourth-order valence-corrected chi connectivity index (χ4v) is 2.73. The van der Waals surface area contributed by atoms with Gasteiger partial charge in [0.1, 0.15) is 0 Å². The highest BCUT2D eigenvalue weighted by molar-refractivity contribution is 6.05. The van der Waals surface area contributed by atoms with E-state index in [9.17, 15) is 4.79 Å². The molecular weight excluding hydrogens is 236 g/mol. The summed E-state index contributed by atoms with van der Waals surface area (Å²) >= 11 is 0. The first-order valence-corrected chi connectivity index (χ1v) is 7.20. The number of hydrogen-bond acceptors (Lipinski definition) is 2. The lowest BCUT2D eigenvalue weighted by Crippen LogP contribution is -2.27. The fourth-order valence-electron chi connectivity index (χ4n) is 2.73. The van der Waals surface area contributed by atoms with Crippen LogP contribution in [0.3, 0.4) is 0 Å². The number of amides is 1. The molecule has 19 heavy (non-hydrogen) atoms. The zero-order chi connectivity index (χ0) is 14.0. The van der Waals surface area contributed by atoms with Crippen molar-refractivity contribution in [2.24, 2.45) is 0 Å². The number of nitrogens with one attached hydrogen (secondary N) is 2. The van der Waals surface area contributed by atoms with Gasteiger partial charge >= 0.3 is 0 Å². The van der Waals surface area contributed by atoms with Gasteiger partial charge in [0.25, 0.3) is 0 Å². The van der Waals surface area contributed by atoms with Gasteiger partial charge in [-0.15, -0.1) is 0 Å². The van der Waals surface area contributed by atoms with E-state index >= 15 is 0 Å². The topological polar surface area (TPSA) is 41.1 Å². The van der Waals surface area contributed by atoms with E-state index < -0.39 is 5.41 Å². The number of rotatable bonds is 5. The number of carbonyl (C=O) groups is 1. The van der Waals surface area contributed by atoms with E-state index in [0.29, 0.717) is 6.04 Å². The van der Waals surface area contributed by atoms with E-state index in [-0.39, 0.29) is 5.91 Å². The summed E-state index contributed by atoms with van der Waals surface area (Å²) in [5, 5.41) is 6.48. The first-order chi connectivity index (χ1) is 9.00. The standard InChI is InChI=1S/C16H24N2O/c1-5-7-13(17-6-2)11-8-9-14-12(10-11)16(3,4)15(19)18-14/h8-10,13,17H,5-7H2,1-4H3,(H,18,19). The number of hydrogen-bond donors (Lipinski definition) is 2. The summed E-state index contributed by atoms with van der Waals surface area (Å²) in [4.78, 5) is 12.0. The third kappa shape index (κ3) is 2.52. The molecule has 2 N–H and O–H groups in total. The molecule has 104 valence electrons. The number of anilines is 1. The molecule has 0 aromatic heterocycles. The van der Waals surface area contributed by atoms with E-state index in [1.807, 2.05) is 19.9 Å². The predicted molar refractivity (Wildman–Crippen MR) is 79.4 cm³/mol. The monoisotopic (exact) mass is 260 g/mol. The molecule has 1 atom stereocenters. The maximum absolute atomic E-state index is 12.0. The van der Waals surface area contributed by atoms with Gasteiger partial charge in [-0.2, -0.15) is 0 Å². The average molecular weight is 260 g/mol. The van der Waals surface area contributed by atoms with Crippen LogP contribution in [0.15, 0.2) is 18.2 Å². The molecule has 3 nitrogen and oxygen atoms in total. The van der Waals surface area contributed by atoms with Gasteiger partial charge < -0.3 is 10.6 Å². The Balaban J connectivity index is 2.35. The van der Waals surface area contributed by atoms with Crippen molar-refractivity contribution in [1.82, 2.24) is 5.32 Å². The largest absolute Gasteiger partial charge is 0.325 e. The van der Waals surface area contributed by atoms with Crippen LogP contribution in [0, 0.1) is 0 Å². The van der Waals surface area contributed by atoms with Crippen molar-refractivity contribution < 1.29 is 4.79 Å². The molecule has 0 bridgehead atoms. The van der Waals surface area contributed by atoms with Gasteiger partial charge in [-0.05, 0) is 44.0 Å². The SMILES string of the molecule is CCCC(NCC)c1ccc2c(c1)C(C)(C)C(=O)N2. The van der Waals surface area contributed by atoms with E-state index in [1.54, 1.807) is 0 Å². The highest BCUT2D eigenvalue weighted by atomic mass is 16.2. The van der Waals surface area contributed by atoms with Crippen molar-refractivity contribution in [3.05, 3.63) is 29.3 Å². The highest BCUT2D eigenvalue weighted by Crippen LogP contribution is 2.38. The Hall–Kier alpha value is -1.35. The first-order valence-electron chi connectivity index (χ1n) is 7.20. The second-order valence-electron chi connectivity index (χ2n) is 5.78. The second-order valence-corrected chi connectivity index (χ2v) is 5.78. The molecule has 2 rings (SSSR count). The summed E-state index contributed by atoms with van der Waals surface area (Å²) in [5.74, 6) is 0.0927. The van der Waals surface area contributed by atoms with Crippen molar-refractivity contribution >= 4 is 11.6 Å². The molecule has 1 aliphatic rings. The smallest absolute Gasteiger partial charge is 0.234 e. The van der Waals surface area contributed by atoms with Gasteiger partial charge in [0.15, 0.2) is 0 Å². The van der Waals surface area contributed by atoms with Crippen LogP contribution in [-0.4, -0.2) is 12.5 Å². The number of benzene rings is 1. The summed E-state index contributed by atoms with van der Waals surface area (Å²) in [6, 6.07) is 6.74. The van der Waals surface area contributed by atoms with Crippen molar-refractivity contribution in [3.8, 4) is 0 Å². The van der Waals surface area contributed by atoms with Crippen LogP contribution in [0.2, 0.25) is 0 Å². The van der Waals surface area contributed by atoms with Crippen LogP contribution >= 0.6 is 0 Å². The summed E-state index contributed by atoms with van der Waals surface area (Å²) in [7, 11) is 0. The minimum atomic E-state index is -0.422. The molecule has 1 aromatic carbocycles. The van der Waals surface area contributed by atoms with Crippen molar-refractivity contribution in [2.45, 2.75) is 52.0 Å². The van der Waals surface area contributed by atoms with E-state index in [2.05, 4.69) is 36.6 Å². The molecule has 0 saturated heterocycles. The zero-order valence-corrected chi connectivity index (χ0v) is 12.3. The molecule has 0 radical (unpaired) electrons. The normalized spacial score (nSPS) is 18.0. The van der Waals surface area contributed by atoms with Gasteiger partial charge in [-0.3, -0.25) is 4.79 Å². The van der Waals surface area contributed by atoms with Gasteiger partial charge in [0, 0.05) is 11.7 Å². The van der Waals surface area contributed by atoms with Crippen LogP contribution in [0.1, 0.15) is 57.7 Å². The molecule has 1 aliphatic heterocycles. The van der Waals surface area contributed by atoms with E-state index in [0.717, 1.165) is 30.6 Å². The fraction of sp³-hybridized carbons (Fsp3) is 0.562. The van der Waals surface area contributed by atoms with Crippen LogP contribution in [-0.2, 0) is 10.2 Å². The van der Waals surface area contributed by atoms with Gasteiger partial charge in [-0.25, -0.2) is 0 Å².